The van der Waals surface area contributed by atoms with Crippen LogP contribution in [0, 0.1) is 5.92 Å². The van der Waals surface area contributed by atoms with Gasteiger partial charge in [-0.2, -0.15) is 0 Å². The van der Waals surface area contributed by atoms with E-state index >= 15 is 0 Å². The van der Waals surface area contributed by atoms with Crippen LogP contribution in [0.25, 0.3) is 0 Å². The lowest BCUT2D eigenvalue weighted by Crippen LogP contribution is -2.39. The third-order valence-corrected chi connectivity index (χ3v) is 2.30. The van der Waals surface area contributed by atoms with Crippen LogP contribution in [0.4, 0.5) is 17.6 Å². The fourth-order valence-electron chi connectivity index (χ4n) is 1.32. The molecule has 5 heteroatoms. The minimum Gasteiger partial charge on any atom is -0.381 e. The van der Waals surface area contributed by atoms with Gasteiger partial charge in [0.25, 0.3) is 0 Å². The van der Waals surface area contributed by atoms with Crippen molar-refractivity contribution in [3.8, 4) is 0 Å². The van der Waals surface area contributed by atoms with Crippen molar-refractivity contribution >= 4 is 0 Å². The Morgan fingerprint density at radius 1 is 1.43 bits per heavy atom. The predicted molar refractivity (Wildman–Crippen MR) is 43.3 cm³/mol. The minimum atomic E-state index is -2.60. The maximum atomic E-state index is 13.8. The van der Waals surface area contributed by atoms with Gasteiger partial charge in [0, 0.05) is 13.2 Å². The van der Waals surface area contributed by atoms with Crippen LogP contribution in [0.5, 0.6) is 0 Å². The molecule has 0 aromatic heterocycles. The maximum Gasteiger partial charge on any atom is 0.193 e. The summed E-state index contributed by atoms with van der Waals surface area (Å²) in [7, 11) is 1.16. The zero-order chi connectivity index (χ0) is 10.9. The highest BCUT2D eigenvalue weighted by atomic mass is 19.2. The second kappa shape index (κ2) is 3.73. The summed E-state index contributed by atoms with van der Waals surface area (Å²) in [6, 6.07) is 0. The zero-order valence-electron chi connectivity index (χ0n) is 7.78. The quantitative estimate of drug-likeness (QED) is 0.636. The van der Waals surface area contributed by atoms with Gasteiger partial charge in [0.15, 0.2) is 11.5 Å². The Morgan fingerprint density at radius 2 is 2.00 bits per heavy atom. The third kappa shape index (κ3) is 1.56. The topological polar surface area (TPSA) is 9.23 Å². The molecule has 0 N–H and O–H groups in total. The lowest BCUT2D eigenvalue weighted by molar-refractivity contribution is 0.0135. The number of hydrogen-bond acceptors (Lipinski definition) is 1. The van der Waals surface area contributed by atoms with Gasteiger partial charge in [0.2, 0.25) is 0 Å². The van der Waals surface area contributed by atoms with Crippen molar-refractivity contribution in [2.45, 2.75) is 12.6 Å². The molecule has 1 aliphatic rings. The molecule has 0 spiro atoms. The molecule has 0 heterocycles. The molecule has 1 aliphatic carbocycles. The summed E-state index contributed by atoms with van der Waals surface area (Å²) < 4.78 is 56.9. The van der Waals surface area contributed by atoms with Crippen molar-refractivity contribution in [1.29, 1.82) is 0 Å². The first-order chi connectivity index (χ1) is 6.43. The van der Waals surface area contributed by atoms with Gasteiger partial charge in [-0.05, 0) is 0 Å². The van der Waals surface area contributed by atoms with E-state index in [1.165, 1.54) is 0 Å². The molecule has 1 rings (SSSR count). The SMILES string of the molecule is COCC1(F)C(F)=CC(F)=C(F)C1C. The predicted octanol–water partition coefficient (Wildman–Crippen LogP) is 2.99. The largest absolute Gasteiger partial charge is 0.381 e. The summed E-state index contributed by atoms with van der Waals surface area (Å²) >= 11 is 0. The van der Waals surface area contributed by atoms with E-state index < -0.39 is 35.7 Å². The molecule has 0 saturated carbocycles. The highest BCUT2D eigenvalue weighted by Gasteiger charge is 2.47. The summed E-state index contributed by atoms with van der Waals surface area (Å²) in [5.74, 6) is -5.50. The first-order valence-electron chi connectivity index (χ1n) is 4.04. The molecule has 0 radical (unpaired) electrons. The van der Waals surface area contributed by atoms with E-state index in [0.29, 0.717) is 0 Å². The summed E-state index contributed by atoms with van der Waals surface area (Å²) in [4.78, 5) is 0. The molecule has 2 atom stereocenters. The molecule has 0 aromatic rings. The van der Waals surface area contributed by atoms with Crippen LogP contribution in [0.3, 0.4) is 0 Å². The average Bonchev–Trinajstić information content (AvgIpc) is 2.13. The molecule has 0 aliphatic heterocycles. The third-order valence-electron chi connectivity index (χ3n) is 2.30. The number of rotatable bonds is 2. The molecule has 1 nitrogen and oxygen atoms in total. The number of ether oxygens (including phenoxy) is 1. The smallest absolute Gasteiger partial charge is 0.193 e. The zero-order valence-corrected chi connectivity index (χ0v) is 7.78. The van der Waals surface area contributed by atoms with Gasteiger partial charge in [0.05, 0.1) is 12.5 Å². The van der Waals surface area contributed by atoms with E-state index in [1.54, 1.807) is 0 Å². The van der Waals surface area contributed by atoms with Crippen molar-refractivity contribution in [2.24, 2.45) is 5.92 Å². The minimum absolute atomic E-state index is 0.217. The molecule has 2 unspecified atom stereocenters. The van der Waals surface area contributed by atoms with Crippen LogP contribution in [-0.2, 0) is 4.74 Å². The number of halogens is 4. The average molecular weight is 210 g/mol. The van der Waals surface area contributed by atoms with Crippen molar-refractivity contribution in [2.75, 3.05) is 13.7 Å². The normalized spacial score (nSPS) is 33.3. The Labute approximate surface area is 79.0 Å². The Bertz CT molecular complexity index is 297. The molecule has 0 amide bonds. The van der Waals surface area contributed by atoms with Crippen LogP contribution >= 0.6 is 0 Å². The van der Waals surface area contributed by atoms with Gasteiger partial charge in [0.1, 0.15) is 11.7 Å². The summed E-state index contributed by atoms with van der Waals surface area (Å²) in [5.41, 5.74) is -2.60. The first-order valence-corrected chi connectivity index (χ1v) is 4.04. The summed E-state index contributed by atoms with van der Waals surface area (Å²) in [5, 5.41) is 0. The van der Waals surface area contributed by atoms with Crippen LogP contribution in [0.2, 0.25) is 0 Å². The van der Waals surface area contributed by atoms with Gasteiger partial charge in [-0.25, -0.2) is 17.6 Å². The fourth-order valence-corrected chi connectivity index (χ4v) is 1.32. The lowest BCUT2D eigenvalue weighted by Gasteiger charge is -2.30. The van der Waals surface area contributed by atoms with Crippen molar-refractivity contribution < 1.29 is 22.3 Å². The Morgan fingerprint density at radius 3 is 2.50 bits per heavy atom. The maximum absolute atomic E-state index is 13.8. The van der Waals surface area contributed by atoms with Gasteiger partial charge in [-0.15, -0.1) is 0 Å². The van der Waals surface area contributed by atoms with Crippen LogP contribution in [-0.4, -0.2) is 19.4 Å². The van der Waals surface area contributed by atoms with E-state index in [-0.39, 0.29) is 6.08 Å². The number of allylic oxidation sites excluding steroid dienone is 3. The fraction of sp³-hybridized carbons (Fsp3) is 0.556. The van der Waals surface area contributed by atoms with Gasteiger partial charge in [-0.3, -0.25) is 0 Å². The van der Waals surface area contributed by atoms with E-state index in [1.807, 2.05) is 0 Å². The number of methoxy groups -OCH3 is 1. The Kier molecular flexibility index (Phi) is 2.99. The van der Waals surface area contributed by atoms with E-state index in [4.69, 9.17) is 0 Å². The molecule has 0 aromatic carbocycles. The second-order valence-electron chi connectivity index (χ2n) is 3.21. The van der Waals surface area contributed by atoms with Gasteiger partial charge >= 0.3 is 0 Å². The molecular weight excluding hydrogens is 200 g/mol. The highest BCUT2D eigenvalue weighted by Crippen LogP contribution is 2.42. The number of hydrogen-bond donors (Lipinski definition) is 0. The molecule has 0 saturated heterocycles. The van der Waals surface area contributed by atoms with Gasteiger partial charge in [-0.1, -0.05) is 6.92 Å². The van der Waals surface area contributed by atoms with Crippen molar-refractivity contribution in [1.82, 2.24) is 0 Å². The monoisotopic (exact) mass is 210 g/mol. The summed E-state index contributed by atoms with van der Waals surface area (Å²) in [6.07, 6.45) is 0.217. The molecule has 0 bridgehead atoms. The highest BCUT2D eigenvalue weighted by molar-refractivity contribution is 5.33. The Hall–Kier alpha value is -0.840. The Balaban J connectivity index is 3.09. The standard InChI is InChI=1S/C9H10F4O/c1-5-8(12)6(10)3-7(11)9(5,13)4-14-2/h3,5H,4H2,1-2H3. The summed E-state index contributed by atoms with van der Waals surface area (Å²) in [6.45, 7) is 0.428. The van der Waals surface area contributed by atoms with Crippen molar-refractivity contribution in [3.63, 3.8) is 0 Å². The van der Waals surface area contributed by atoms with Crippen LogP contribution in [0.15, 0.2) is 23.6 Å². The second-order valence-corrected chi connectivity index (χ2v) is 3.21. The first kappa shape index (κ1) is 11.2. The van der Waals surface area contributed by atoms with E-state index in [9.17, 15) is 17.6 Å². The van der Waals surface area contributed by atoms with Crippen molar-refractivity contribution in [3.05, 3.63) is 23.6 Å². The molecular formula is C9H10F4O. The van der Waals surface area contributed by atoms with Crippen LogP contribution < -0.4 is 0 Å². The number of alkyl halides is 1. The van der Waals surface area contributed by atoms with E-state index in [2.05, 4.69) is 4.74 Å². The molecule has 80 valence electrons. The van der Waals surface area contributed by atoms with Crippen LogP contribution in [0.1, 0.15) is 6.92 Å². The van der Waals surface area contributed by atoms with Gasteiger partial charge < -0.3 is 4.74 Å². The lowest BCUT2D eigenvalue weighted by atomic mass is 9.85. The molecule has 0 fully saturated rings. The van der Waals surface area contributed by atoms with E-state index in [0.717, 1.165) is 14.0 Å². The molecule has 14 heavy (non-hydrogen) atoms.